The van der Waals surface area contributed by atoms with E-state index in [1.165, 1.54) is 0 Å². The maximum atomic E-state index is 13.4. The normalized spacial score (nSPS) is 12.8. The number of hydrogen-bond acceptors (Lipinski definition) is 5. The third kappa shape index (κ3) is 3.77. The van der Waals surface area contributed by atoms with Gasteiger partial charge in [-0.3, -0.25) is 14.2 Å². The van der Waals surface area contributed by atoms with Gasteiger partial charge in [0.05, 0.1) is 12.2 Å². The quantitative estimate of drug-likeness (QED) is 0.648. The summed E-state index contributed by atoms with van der Waals surface area (Å²) in [5.74, 6) is 1.34. The third-order valence-electron chi connectivity index (χ3n) is 5.61. The summed E-state index contributed by atoms with van der Waals surface area (Å²) in [6.07, 6.45) is 0. The average molecular weight is 409 g/mol. The van der Waals surface area contributed by atoms with Crippen LogP contribution in [0.2, 0.25) is 0 Å². The van der Waals surface area contributed by atoms with Crippen molar-refractivity contribution in [1.29, 1.82) is 0 Å². The molecule has 1 aliphatic rings. The summed E-state index contributed by atoms with van der Waals surface area (Å²) in [6.45, 7) is 7.89. The molecule has 2 aromatic heterocycles. The summed E-state index contributed by atoms with van der Waals surface area (Å²) in [6, 6.07) is 7.64. The zero-order valence-corrected chi connectivity index (χ0v) is 18.1. The van der Waals surface area contributed by atoms with Gasteiger partial charge in [-0.15, -0.1) is 0 Å². The van der Waals surface area contributed by atoms with Crippen LogP contribution in [0.3, 0.4) is 0 Å². The number of rotatable bonds is 5. The fourth-order valence-corrected chi connectivity index (χ4v) is 3.67. The lowest BCUT2D eigenvalue weighted by Crippen LogP contribution is -2.31. The number of aryl methyl sites for hydroxylation is 4. The van der Waals surface area contributed by atoms with Crippen molar-refractivity contribution in [2.24, 2.45) is 14.1 Å². The van der Waals surface area contributed by atoms with Crippen molar-refractivity contribution in [2.75, 3.05) is 13.2 Å². The number of carbonyl (C=O) groups is 1. The first kappa shape index (κ1) is 20.0. The Balaban J connectivity index is 1.66. The van der Waals surface area contributed by atoms with Gasteiger partial charge >= 0.3 is 0 Å². The number of fused-ring (bicyclic) bond motifs is 1. The van der Waals surface area contributed by atoms with Crippen LogP contribution in [0.25, 0.3) is 0 Å². The molecule has 0 radical (unpaired) electrons. The molecule has 0 N–H and O–H groups in total. The van der Waals surface area contributed by atoms with Crippen LogP contribution < -0.4 is 9.47 Å². The summed E-state index contributed by atoms with van der Waals surface area (Å²) >= 11 is 0. The highest BCUT2D eigenvalue weighted by molar-refractivity contribution is 5.92. The standard InChI is InChI=1S/C22H27N5O3/c1-14-10-19(24-25(14)4)22(28)27(13-18-15(2)23-26(5)16(18)3)12-17-6-7-20-21(11-17)30-9-8-29-20/h6-7,10-11H,8-9,12-13H2,1-5H3. The first-order valence-corrected chi connectivity index (χ1v) is 10.0. The van der Waals surface area contributed by atoms with E-state index >= 15 is 0 Å². The zero-order chi connectivity index (χ0) is 21.4. The molecule has 8 heteroatoms. The van der Waals surface area contributed by atoms with Gasteiger partial charge in [0.2, 0.25) is 0 Å². The second kappa shape index (κ2) is 7.85. The van der Waals surface area contributed by atoms with Crippen LogP contribution in [0.15, 0.2) is 24.3 Å². The van der Waals surface area contributed by atoms with Crippen molar-refractivity contribution in [3.63, 3.8) is 0 Å². The highest BCUT2D eigenvalue weighted by Gasteiger charge is 2.23. The Bertz CT molecular complexity index is 1080. The largest absolute Gasteiger partial charge is 0.486 e. The monoisotopic (exact) mass is 409 g/mol. The summed E-state index contributed by atoms with van der Waals surface area (Å²) in [7, 11) is 3.76. The molecular weight excluding hydrogens is 382 g/mol. The highest BCUT2D eigenvalue weighted by Crippen LogP contribution is 2.31. The first-order valence-electron chi connectivity index (χ1n) is 10.0. The number of nitrogens with zero attached hydrogens (tertiary/aromatic N) is 5. The van der Waals surface area contributed by atoms with Gasteiger partial charge in [0.15, 0.2) is 17.2 Å². The molecule has 1 aliphatic heterocycles. The van der Waals surface area contributed by atoms with Crippen LogP contribution >= 0.6 is 0 Å². The van der Waals surface area contributed by atoms with E-state index in [0.29, 0.717) is 37.7 Å². The number of ether oxygens (including phenoxy) is 2. The number of carbonyl (C=O) groups excluding carboxylic acids is 1. The minimum atomic E-state index is -0.115. The van der Waals surface area contributed by atoms with E-state index in [0.717, 1.165) is 34.0 Å². The maximum absolute atomic E-state index is 13.4. The molecule has 0 unspecified atom stereocenters. The van der Waals surface area contributed by atoms with Crippen molar-refractivity contribution in [1.82, 2.24) is 24.5 Å². The molecule has 3 heterocycles. The molecule has 8 nitrogen and oxygen atoms in total. The number of benzene rings is 1. The molecular formula is C22H27N5O3. The highest BCUT2D eigenvalue weighted by atomic mass is 16.6. The van der Waals surface area contributed by atoms with E-state index < -0.39 is 0 Å². The Morgan fingerprint density at radius 1 is 1.00 bits per heavy atom. The van der Waals surface area contributed by atoms with Gasteiger partial charge in [-0.05, 0) is 44.5 Å². The number of amides is 1. The Kier molecular flexibility index (Phi) is 5.24. The van der Waals surface area contributed by atoms with Crippen molar-refractivity contribution < 1.29 is 14.3 Å². The van der Waals surface area contributed by atoms with E-state index in [2.05, 4.69) is 10.2 Å². The molecule has 0 atom stereocenters. The lowest BCUT2D eigenvalue weighted by Gasteiger charge is -2.24. The molecule has 30 heavy (non-hydrogen) atoms. The van der Waals surface area contributed by atoms with Gasteiger partial charge in [-0.1, -0.05) is 6.07 Å². The number of hydrogen-bond donors (Lipinski definition) is 0. The van der Waals surface area contributed by atoms with Crippen LogP contribution in [-0.2, 0) is 27.2 Å². The SMILES string of the molecule is Cc1nn(C)c(C)c1CN(Cc1ccc2c(c1)OCCO2)C(=O)c1cc(C)n(C)n1. The Labute approximate surface area is 176 Å². The Morgan fingerprint density at radius 2 is 1.73 bits per heavy atom. The van der Waals surface area contributed by atoms with Gasteiger partial charge in [-0.2, -0.15) is 10.2 Å². The topological polar surface area (TPSA) is 74.4 Å². The van der Waals surface area contributed by atoms with Crippen molar-refractivity contribution in [2.45, 2.75) is 33.9 Å². The van der Waals surface area contributed by atoms with Crippen molar-refractivity contribution in [3.05, 3.63) is 58.2 Å². The average Bonchev–Trinajstić information content (AvgIpc) is 3.19. The van der Waals surface area contributed by atoms with E-state index in [1.807, 2.05) is 68.7 Å². The fraction of sp³-hybridized carbons (Fsp3) is 0.409. The molecule has 4 rings (SSSR count). The Hall–Kier alpha value is -3.29. The molecule has 1 amide bonds. The molecule has 0 saturated heterocycles. The van der Waals surface area contributed by atoms with Crippen LogP contribution in [0.5, 0.6) is 11.5 Å². The molecule has 158 valence electrons. The van der Waals surface area contributed by atoms with Gasteiger partial charge in [0.25, 0.3) is 5.91 Å². The van der Waals surface area contributed by atoms with Gasteiger partial charge in [0.1, 0.15) is 13.2 Å². The van der Waals surface area contributed by atoms with Crippen molar-refractivity contribution >= 4 is 5.91 Å². The maximum Gasteiger partial charge on any atom is 0.274 e. The van der Waals surface area contributed by atoms with Crippen molar-refractivity contribution in [3.8, 4) is 11.5 Å². The lowest BCUT2D eigenvalue weighted by molar-refractivity contribution is 0.0722. The molecule has 0 bridgehead atoms. The summed E-state index contributed by atoms with van der Waals surface area (Å²) in [4.78, 5) is 15.2. The summed E-state index contributed by atoms with van der Waals surface area (Å²) in [5, 5.41) is 8.90. The number of aromatic nitrogens is 4. The fourth-order valence-electron chi connectivity index (χ4n) is 3.67. The minimum absolute atomic E-state index is 0.115. The van der Waals surface area contributed by atoms with Crippen LogP contribution in [0.1, 0.15) is 38.7 Å². The Morgan fingerprint density at radius 3 is 2.37 bits per heavy atom. The van der Waals surface area contributed by atoms with E-state index in [-0.39, 0.29) is 5.91 Å². The zero-order valence-electron chi connectivity index (χ0n) is 18.1. The van der Waals surface area contributed by atoms with E-state index in [9.17, 15) is 4.79 Å². The van der Waals surface area contributed by atoms with Gasteiger partial charge < -0.3 is 14.4 Å². The summed E-state index contributed by atoms with van der Waals surface area (Å²) < 4.78 is 14.9. The summed E-state index contributed by atoms with van der Waals surface area (Å²) in [5.41, 5.74) is 5.37. The molecule has 0 saturated carbocycles. The predicted octanol–water partition coefficient (Wildman–Crippen LogP) is 2.69. The molecule has 0 fully saturated rings. The van der Waals surface area contributed by atoms with E-state index in [4.69, 9.17) is 9.47 Å². The smallest absolute Gasteiger partial charge is 0.274 e. The van der Waals surface area contributed by atoms with Crippen LogP contribution in [-0.4, -0.2) is 43.6 Å². The van der Waals surface area contributed by atoms with Crippen LogP contribution in [0.4, 0.5) is 0 Å². The minimum Gasteiger partial charge on any atom is -0.486 e. The van der Waals surface area contributed by atoms with Crippen LogP contribution in [0, 0.1) is 20.8 Å². The van der Waals surface area contributed by atoms with E-state index in [1.54, 1.807) is 4.68 Å². The predicted molar refractivity (Wildman–Crippen MR) is 112 cm³/mol. The second-order valence-corrected chi connectivity index (χ2v) is 7.71. The first-order chi connectivity index (χ1) is 14.3. The molecule has 1 aromatic carbocycles. The molecule has 0 aliphatic carbocycles. The molecule has 0 spiro atoms. The molecule has 3 aromatic rings. The third-order valence-corrected chi connectivity index (χ3v) is 5.61. The van der Waals surface area contributed by atoms with Gasteiger partial charge in [0, 0.05) is 37.6 Å². The second-order valence-electron chi connectivity index (χ2n) is 7.71. The van der Waals surface area contributed by atoms with Gasteiger partial charge in [-0.25, -0.2) is 0 Å². The lowest BCUT2D eigenvalue weighted by atomic mass is 10.1.